The molecule has 1 aliphatic rings. The number of anilines is 1. The van der Waals surface area contributed by atoms with Crippen molar-refractivity contribution < 1.29 is 9.15 Å². The molecular weight excluding hydrogens is 254 g/mol. The van der Waals surface area contributed by atoms with E-state index in [1.807, 2.05) is 18.3 Å². The van der Waals surface area contributed by atoms with E-state index >= 15 is 0 Å². The van der Waals surface area contributed by atoms with Gasteiger partial charge in [0.1, 0.15) is 11.4 Å². The molecule has 20 heavy (non-hydrogen) atoms. The van der Waals surface area contributed by atoms with Crippen LogP contribution in [0, 0.1) is 0 Å². The number of nitrogens with zero attached hydrogens (tertiary/aromatic N) is 2. The van der Waals surface area contributed by atoms with Crippen LogP contribution >= 0.6 is 0 Å². The molecule has 3 heterocycles. The molecule has 2 aromatic rings. The molecule has 0 radical (unpaired) electrons. The lowest BCUT2D eigenvalue weighted by Gasteiger charge is -2.37. The fraction of sp³-hybridized carbons (Fsp3) is 0.533. The molecule has 3 rings (SSSR count). The molecule has 2 aromatic heterocycles. The first-order valence-corrected chi connectivity index (χ1v) is 7.15. The third-order valence-corrected chi connectivity index (χ3v) is 3.62. The van der Waals surface area contributed by atoms with Crippen LogP contribution < -0.4 is 10.2 Å². The summed E-state index contributed by atoms with van der Waals surface area (Å²) in [5, 5.41) is 4.56. The number of ether oxygens (including phenoxy) is 1. The summed E-state index contributed by atoms with van der Waals surface area (Å²) in [7, 11) is 0. The number of furan rings is 1. The summed E-state index contributed by atoms with van der Waals surface area (Å²) in [5.41, 5.74) is 0.886. The first-order chi connectivity index (χ1) is 9.75. The molecule has 0 spiro atoms. The van der Waals surface area contributed by atoms with Gasteiger partial charge < -0.3 is 19.4 Å². The van der Waals surface area contributed by atoms with Crippen molar-refractivity contribution in [3.63, 3.8) is 0 Å². The SMILES string of the molecule is CC(C)NCC1COCCN1c1nccc2occc12. The Balaban J connectivity index is 1.87. The van der Waals surface area contributed by atoms with Gasteiger partial charge in [-0.15, -0.1) is 0 Å². The molecule has 0 amide bonds. The van der Waals surface area contributed by atoms with Gasteiger partial charge in [-0.05, 0) is 12.1 Å². The number of pyridine rings is 1. The van der Waals surface area contributed by atoms with Crippen molar-refractivity contribution in [2.45, 2.75) is 25.9 Å². The molecule has 5 heteroatoms. The zero-order valence-electron chi connectivity index (χ0n) is 12.0. The molecule has 1 aliphatic heterocycles. The second kappa shape index (κ2) is 5.81. The van der Waals surface area contributed by atoms with Crippen LogP contribution in [0.15, 0.2) is 29.0 Å². The second-order valence-electron chi connectivity index (χ2n) is 5.45. The van der Waals surface area contributed by atoms with Crippen molar-refractivity contribution in [3.8, 4) is 0 Å². The van der Waals surface area contributed by atoms with Crippen LogP contribution in [-0.2, 0) is 4.74 Å². The quantitative estimate of drug-likeness (QED) is 0.925. The predicted octanol–water partition coefficient (Wildman–Crippen LogP) is 2.03. The van der Waals surface area contributed by atoms with E-state index in [4.69, 9.17) is 9.15 Å². The highest BCUT2D eigenvalue weighted by Crippen LogP contribution is 2.27. The molecule has 108 valence electrons. The Morgan fingerprint density at radius 2 is 2.35 bits per heavy atom. The molecule has 5 nitrogen and oxygen atoms in total. The molecule has 0 saturated carbocycles. The number of rotatable bonds is 4. The highest BCUT2D eigenvalue weighted by molar-refractivity contribution is 5.88. The maximum absolute atomic E-state index is 5.63. The van der Waals surface area contributed by atoms with Crippen LogP contribution in [0.1, 0.15) is 13.8 Å². The Morgan fingerprint density at radius 1 is 1.45 bits per heavy atom. The van der Waals surface area contributed by atoms with Crippen molar-refractivity contribution in [2.75, 3.05) is 31.2 Å². The first kappa shape index (κ1) is 13.4. The van der Waals surface area contributed by atoms with Crippen molar-refractivity contribution >= 4 is 16.8 Å². The Labute approximate surface area is 118 Å². The van der Waals surface area contributed by atoms with Gasteiger partial charge >= 0.3 is 0 Å². The lowest BCUT2D eigenvalue weighted by Crippen LogP contribution is -2.51. The highest BCUT2D eigenvalue weighted by Gasteiger charge is 2.25. The molecule has 1 atom stereocenters. The number of fused-ring (bicyclic) bond motifs is 1. The van der Waals surface area contributed by atoms with E-state index < -0.39 is 0 Å². The Kier molecular flexibility index (Phi) is 3.89. The van der Waals surface area contributed by atoms with Gasteiger partial charge in [0.15, 0.2) is 0 Å². The zero-order chi connectivity index (χ0) is 13.9. The van der Waals surface area contributed by atoms with E-state index in [-0.39, 0.29) is 0 Å². The highest BCUT2D eigenvalue weighted by atomic mass is 16.5. The lowest BCUT2D eigenvalue weighted by molar-refractivity contribution is 0.0929. The minimum Gasteiger partial charge on any atom is -0.464 e. The molecule has 1 N–H and O–H groups in total. The van der Waals surface area contributed by atoms with Crippen molar-refractivity contribution in [1.82, 2.24) is 10.3 Å². The third kappa shape index (κ3) is 2.64. The maximum Gasteiger partial charge on any atom is 0.140 e. The largest absolute Gasteiger partial charge is 0.464 e. The number of morpholine rings is 1. The molecule has 1 saturated heterocycles. The van der Waals surface area contributed by atoms with Crippen molar-refractivity contribution in [3.05, 3.63) is 24.6 Å². The number of aromatic nitrogens is 1. The van der Waals surface area contributed by atoms with E-state index in [0.717, 1.165) is 43.1 Å². The van der Waals surface area contributed by atoms with E-state index in [9.17, 15) is 0 Å². The minimum absolute atomic E-state index is 0.305. The van der Waals surface area contributed by atoms with Gasteiger partial charge in [0.05, 0.1) is 30.9 Å². The Bertz CT molecular complexity index is 567. The van der Waals surface area contributed by atoms with Gasteiger partial charge in [-0.1, -0.05) is 13.8 Å². The van der Waals surface area contributed by atoms with Crippen molar-refractivity contribution in [1.29, 1.82) is 0 Å². The molecule has 0 aliphatic carbocycles. The summed E-state index contributed by atoms with van der Waals surface area (Å²) in [6.45, 7) is 7.55. The molecule has 0 bridgehead atoms. The van der Waals surface area contributed by atoms with Gasteiger partial charge in [0.2, 0.25) is 0 Å². The van der Waals surface area contributed by atoms with Crippen LogP contribution in [0.25, 0.3) is 11.0 Å². The molecular formula is C15H21N3O2. The van der Waals surface area contributed by atoms with Gasteiger partial charge in [-0.25, -0.2) is 4.98 Å². The standard InChI is InChI=1S/C15H21N3O2/c1-11(2)17-9-12-10-19-8-6-18(12)15-13-4-7-20-14(13)3-5-16-15/h3-5,7,11-12,17H,6,8-10H2,1-2H3. The van der Waals surface area contributed by atoms with Gasteiger partial charge in [0.25, 0.3) is 0 Å². The summed E-state index contributed by atoms with van der Waals surface area (Å²) in [6, 6.07) is 4.66. The summed E-state index contributed by atoms with van der Waals surface area (Å²) >= 11 is 0. The Hall–Kier alpha value is -1.59. The topological polar surface area (TPSA) is 50.5 Å². The Morgan fingerprint density at radius 3 is 3.20 bits per heavy atom. The van der Waals surface area contributed by atoms with E-state index in [1.54, 1.807) is 6.26 Å². The van der Waals surface area contributed by atoms with Crippen LogP contribution in [0.3, 0.4) is 0 Å². The summed E-state index contributed by atoms with van der Waals surface area (Å²) < 4.78 is 11.1. The lowest BCUT2D eigenvalue weighted by atomic mass is 10.2. The van der Waals surface area contributed by atoms with Gasteiger partial charge in [-0.2, -0.15) is 0 Å². The van der Waals surface area contributed by atoms with Gasteiger partial charge in [-0.3, -0.25) is 0 Å². The number of hydrogen-bond donors (Lipinski definition) is 1. The van der Waals surface area contributed by atoms with Crippen LogP contribution in [0.2, 0.25) is 0 Å². The van der Waals surface area contributed by atoms with Crippen LogP contribution in [0.4, 0.5) is 5.82 Å². The van der Waals surface area contributed by atoms with Crippen LogP contribution in [0.5, 0.6) is 0 Å². The normalized spacial score (nSPS) is 19.9. The predicted molar refractivity (Wildman–Crippen MR) is 79.1 cm³/mol. The fourth-order valence-electron chi connectivity index (χ4n) is 2.58. The smallest absolute Gasteiger partial charge is 0.140 e. The fourth-order valence-corrected chi connectivity index (χ4v) is 2.58. The molecule has 1 fully saturated rings. The average Bonchev–Trinajstić information content (AvgIpc) is 2.93. The summed E-state index contributed by atoms with van der Waals surface area (Å²) in [6.07, 6.45) is 3.53. The van der Waals surface area contributed by atoms with Crippen LogP contribution in [-0.4, -0.2) is 43.4 Å². The number of nitrogens with one attached hydrogen (secondary N) is 1. The van der Waals surface area contributed by atoms with Crippen molar-refractivity contribution in [2.24, 2.45) is 0 Å². The molecule has 0 aromatic carbocycles. The molecule has 1 unspecified atom stereocenters. The maximum atomic E-state index is 5.63. The first-order valence-electron chi connectivity index (χ1n) is 7.15. The number of hydrogen-bond acceptors (Lipinski definition) is 5. The monoisotopic (exact) mass is 275 g/mol. The van der Waals surface area contributed by atoms with E-state index in [2.05, 4.69) is 29.0 Å². The van der Waals surface area contributed by atoms with E-state index in [0.29, 0.717) is 12.1 Å². The average molecular weight is 275 g/mol. The third-order valence-electron chi connectivity index (χ3n) is 3.62. The summed E-state index contributed by atoms with van der Waals surface area (Å²) in [4.78, 5) is 6.89. The second-order valence-corrected chi connectivity index (χ2v) is 5.45. The van der Waals surface area contributed by atoms with E-state index in [1.165, 1.54) is 0 Å². The zero-order valence-corrected chi connectivity index (χ0v) is 12.0. The summed E-state index contributed by atoms with van der Waals surface area (Å²) in [5.74, 6) is 0.995. The minimum atomic E-state index is 0.305. The van der Waals surface area contributed by atoms with Gasteiger partial charge in [0, 0.05) is 25.3 Å².